The highest BCUT2D eigenvalue weighted by atomic mass is 16.7. The van der Waals surface area contributed by atoms with Gasteiger partial charge in [0.1, 0.15) is 6.61 Å². The van der Waals surface area contributed by atoms with Crippen molar-refractivity contribution in [1.29, 1.82) is 0 Å². The van der Waals surface area contributed by atoms with Crippen LogP contribution in [0.2, 0.25) is 0 Å². The Morgan fingerprint density at radius 3 is 1.74 bits per heavy atom. The molecule has 1 N–H and O–H groups in total. The Morgan fingerprint density at radius 1 is 0.566 bits per heavy atom. The minimum Gasteiger partial charge on any atom is -0.466 e. The number of hydrogen-bond acceptors (Lipinski definition) is 8. The lowest BCUT2D eigenvalue weighted by Gasteiger charge is -2.21. The van der Waals surface area contributed by atoms with Crippen LogP contribution >= 0.6 is 0 Å². The van der Waals surface area contributed by atoms with Gasteiger partial charge in [-0.2, -0.15) is 0 Å². The molecule has 0 amide bonds. The van der Waals surface area contributed by atoms with Gasteiger partial charge in [0.25, 0.3) is 0 Å². The Morgan fingerprint density at radius 2 is 1.11 bits per heavy atom. The molecule has 0 aromatic carbocycles. The topological polar surface area (TPSA) is 94.5 Å². The first-order chi connectivity index (χ1) is 26.1. The first-order valence-electron chi connectivity index (χ1n) is 21.7. The molecule has 0 aromatic rings. The van der Waals surface area contributed by atoms with Crippen molar-refractivity contribution in [2.45, 2.75) is 188 Å². The first-order valence-corrected chi connectivity index (χ1v) is 21.7. The SMILES string of the molecule is CC/C=C\CCCCOC(CCC(=O)OCCCCCCN(CCO)CCCCCCCC(=O)OCCC#CCCCCC)OCCCC/C=C\CC. The molecule has 0 fully saturated rings. The molecule has 308 valence electrons. The molecule has 0 rings (SSSR count). The van der Waals surface area contributed by atoms with Crippen LogP contribution in [0.5, 0.6) is 0 Å². The summed E-state index contributed by atoms with van der Waals surface area (Å²) in [6.45, 7) is 11.5. The first kappa shape index (κ1) is 50.8. The van der Waals surface area contributed by atoms with Gasteiger partial charge in [-0.15, -0.1) is 5.92 Å². The van der Waals surface area contributed by atoms with Crippen LogP contribution in [0.25, 0.3) is 0 Å². The van der Waals surface area contributed by atoms with Gasteiger partial charge in [0.15, 0.2) is 6.29 Å². The summed E-state index contributed by atoms with van der Waals surface area (Å²) < 4.78 is 22.9. The third kappa shape index (κ3) is 39.3. The quantitative estimate of drug-likeness (QED) is 0.0218. The van der Waals surface area contributed by atoms with Gasteiger partial charge in [-0.05, 0) is 96.6 Å². The third-order valence-electron chi connectivity index (χ3n) is 8.95. The highest BCUT2D eigenvalue weighted by Crippen LogP contribution is 2.12. The molecule has 0 saturated heterocycles. The van der Waals surface area contributed by atoms with Crippen molar-refractivity contribution in [3.8, 4) is 11.8 Å². The van der Waals surface area contributed by atoms with Crippen molar-refractivity contribution in [1.82, 2.24) is 4.90 Å². The average molecular weight is 748 g/mol. The molecular weight excluding hydrogens is 666 g/mol. The van der Waals surface area contributed by atoms with E-state index in [0.29, 0.717) is 58.7 Å². The zero-order valence-electron chi connectivity index (χ0n) is 34.6. The monoisotopic (exact) mass is 748 g/mol. The second-order valence-electron chi connectivity index (χ2n) is 14.0. The number of nitrogens with zero attached hydrogens (tertiary/aromatic N) is 1. The van der Waals surface area contributed by atoms with E-state index in [1.165, 1.54) is 12.8 Å². The van der Waals surface area contributed by atoms with Crippen LogP contribution in [0.3, 0.4) is 0 Å². The molecule has 0 aliphatic rings. The number of rotatable bonds is 39. The van der Waals surface area contributed by atoms with E-state index in [1.807, 2.05) is 0 Å². The van der Waals surface area contributed by atoms with Crippen molar-refractivity contribution >= 4 is 11.9 Å². The van der Waals surface area contributed by atoms with Gasteiger partial charge in [-0.3, -0.25) is 9.59 Å². The Labute approximate surface area is 326 Å². The third-order valence-corrected chi connectivity index (χ3v) is 8.95. The average Bonchev–Trinajstić information content (AvgIpc) is 3.15. The predicted octanol–water partition coefficient (Wildman–Crippen LogP) is 10.7. The highest BCUT2D eigenvalue weighted by molar-refractivity contribution is 5.69. The van der Waals surface area contributed by atoms with Gasteiger partial charge in [-0.1, -0.05) is 95.9 Å². The number of aliphatic hydroxyl groups excluding tert-OH is 1. The smallest absolute Gasteiger partial charge is 0.305 e. The van der Waals surface area contributed by atoms with Crippen molar-refractivity contribution in [3.63, 3.8) is 0 Å². The van der Waals surface area contributed by atoms with Gasteiger partial charge in [0.05, 0.1) is 19.6 Å². The summed E-state index contributed by atoms with van der Waals surface area (Å²) in [5.41, 5.74) is 0. The maximum absolute atomic E-state index is 12.5. The molecule has 53 heavy (non-hydrogen) atoms. The number of hydrogen-bond donors (Lipinski definition) is 1. The van der Waals surface area contributed by atoms with Crippen LogP contribution in [-0.4, -0.2) is 80.9 Å². The van der Waals surface area contributed by atoms with Crippen LogP contribution in [0.15, 0.2) is 24.3 Å². The van der Waals surface area contributed by atoms with E-state index in [4.69, 9.17) is 18.9 Å². The molecule has 0 aromatic heterocycles. The predicted molar refractivity (Wildman–Crippen MR) is 220 cm³/mol. The van der Waals surface area contributed by atoms with Gasteiger partial charge in [0, 0.05) is 45.4 Å². The fourth-order valence-corrected chi connectivity index (χ4v) is 5.77. The maximum atomic E-state index is 12.5. The standard InChI is InChI=1S/C45H81NO7/c1-4-7-10-13-16-23-28-39-50-43(48)32-25-18-17-19-26-35-46(37-38-47)36-27-20-24-29-40-51-44(49)33-34-45(52-41-30-21-14-11-8-5-2)53-42-31-22-15-12-9-6-3/h8-9,11-12,45,47H,4-7,10,13-15,17-22,24-42H2,1-3H3/b11-8-,12-9-. The molecule has 0 unspecified atom stereocenters. The normalized spacial score (nSPS) is 11.6. The van der Waals surface area contributed by atoms with E-state index in [1.54, 1.807) is 0 Å². The Kier molecular flexibility index (Phi) is 40.8. The van der Waals surface area contributed by atoms with Crippen molar-refractivity contribution < 1.29 is 33.6 Å². The number of esters is 2. The Balaban J connectivity index is 4.02. The summed E-state index contributed by atoms with van der Waals surface area (Å²) in [6, 6.07) is 0. The number of aliphatic hydroxyl groups is 1. The number of unbranched alkanes of at least 4 members (excludes halogenated alkanes) is 14. The van der Waals surface area contributed by atoms with Crippen LogP contribution in [0, 0.1) is 11.8 Å². The van der Waals surface area contributed by atoms with E-state index in [0.717, 1.165) is 135 Å². The Bertz CT molecular complexity index is 902. The minimum absolute atomic E-state index is 0.112. The van der Waals surface area contributed by atoms with Crippen molar-refractivity contribution in [2.75, 3.05) is 52.7 Å². The molecule has 0 spiro atoms. The van der Waals surface area contributed by atoms with Crippen molar-refractivity contribution in [2.24, 2.45) is 0 Å². The number of ether oxygens (including phenoxy) is 4. The van der Waals surface area contributed by atoms with Gasteiger partial charge >= 0.3 is 11.9 Å². The largest absolute Gasteiger partial charge is 0.466 e. The van der Waals surface area contributed by atoms with Crippen molar-refractivity contribution in [3.05, 3.63) is 24.3 Å². The molecule has 0 heterocycles. The lowest BCUT2D eigenvalue weighted by atomic mass is 10.1. The van der Waals surface area contributed by atoms with E-state index >= 15 is 0 Å². The second-order valence-corrected chi connectivity index (χ2v) is 14.0. The summed E-state index contributed by atoms with van der Waals surface area (Å²) in [7, 11) is 0. The van der Waals surface area contributed by atoms with Gasteiger partial charge in [0.2, 0.25) is 0 Å². The summed E-state index contributed by atoms with van der Waals surface area (Å²) in [4.78, 5) is 26.7. The lowest BCUT2D eigenvalue weighted by molar-refractivity contribution is -0.159. The van der Waals surface area contributed by atoms with Crippen LogP contribution < -0.4 is 0 Å². The van der Waals surface area contributed by atoms with Gasteiger partial charge in [-0.25, -0.2) is 0 Å². The zero-order valence-corrected chi connectivity index (χ0v) is 34.6. The van der Waals surface area contributed by atoms with Crippen LogP contribution in [0.4, 0.5) is 0 Å². The Hall–Kier alpha value is -2.18. The lowest BCUT2D eigenvalue weighted by Crippen LogP contribution is -2.29. The molecule has 8 nitrogen and oxygen atoms in total. The second kappa shape index (κ2) is 42.6. The zero-order chi connectivity index (χ0) is 38.7. The molecular formula is C45H81NO7. The van der Waals surface area contributed by atoms with Crippen LogP contribution in [-0.2, 0) is 28.5 Å². The molecule has 8 heteroatoms. The molecule has 0 radical (unpaired) electrons. The summed E-state index contributed by atoms with van der Waals surface area (Å²) in [5, 5.41) is 9.52. The number of carbonyl (C=O) groups excluding carboxylic acids is 2. The van der Waals surface area contributed by atoms with E-state index < -0.39 is 0 Å². The highest BCUT2D eigenvalue weighted by Gasteiger charge is 2.13. The minimum atomic E-state index is -0.363. The fourth-order valence-electron chi connectivity index (χ4n) is 5.77. The summed E-state index contributed by atoms with van der Waals surface area (Å²) >= 11 is 0. The van der Waals surface area contributed by atoms with E-state index in [2.05, 4.69) is 61.8 Å². The molecule has 0 bridgehead atoms. The molecule has 0 aliphatic carbocycles. The van der Waals surface area contributed by atoms with E-state index in [-0.39, 0.29) is 24.8 Å². The van der Waals surface area contributed by atoms with Crippen LogP contribution in [0.1, 0.15) is 181 Å². The molecule has 0 atom stereocenters. The molecule has 0 aliphatic heterocycles. The van der Waals surface area contributed by atoms with E-state index in [9.17, 15) is 14.7 Å². The number of allylic oxidation sites excluding steroid dienone is 4. The summed E-state index contributed by atoms with van der Waals surface area (Å²) in [5.74, 6) is 5.95. The fraction of sp³-hybridized carbons (Fsp3) is 0.822. The maximum Gasteiger partial charge on any atom is 0.305 e. The molecule has 0 saturated carbocycles. The summed E-state index contributed by atoms with van der Waals surface area (Å²) in [6.07, 6.45) is 32.7. The van der Waals surface area contributed by atoms with Gasteiger partial charge < -0.3 is 29.0 Å². The number of carbonyl (C=O) groups is 2.